The molecule has 0 amide bonds. The second kappa shape index (κ2) is 4.18. The Hall–Kier alpha value is -1.88. The molecule has 0 bridgehead atoms. The number of rotatable bonds is 2. The van der Waals surface area contributed by atoms with Gasteiger partial charge in [-0.05, 0) is 25.5 Å². The van der Waals surface area contributed by atoms with E-state index >= 15 is 0 Å². The molecule has 0 spiro atoms. The molecule has 0 aliphatic heterocycles. The molecular formula is C12H16N4O. The van der Waals surface area contributed by atoms with Crippen molar-refractivity contribution in [3.8, 4) is 0 Å². The molecule has 2 rings (SSSR count). The maximum absolute atomic E-state index is 10.3. The third-order valence-electron chi connectivity index (χ3n) is 2.95. The number of aromatic nitrogens is 3. The van der Waals surface area contributed by atoms with Crippen molar-refractivity contribution in [2.45, 2.75) is 20.0 Å². The van der Waals surface area contributed by atoms with E-state index in [1.807, 2.05) is 27.0 Å². The lowest BCUT2D eigenvalue weighted by Gasteiger charge is -2.13. The van der Waals surface area contributed by atoms with Crippen LogP contribution in [0.15, 0.2) is 18.5 Å². The molecule has 17 heavy (non-hydrogen) atoms. The van der Waals surface area contributed by atoms with Crippen molar-refractivity contribution in [3.05, 3.63) is 40.8 Å². The number of aliphatic hydroxyl groups excluding tert-OH is 1. The maximum Gasteiger partial charge on any atom is 0.129 e. The van der Waals surface area contributed by atoms with Gasteiger partial charge in [-0.3, -0.25) is 4.68 Å². The molecule has 0 aromatic carbocycles. The van der Waals surface area contributed by atoms with E-state index in [9.17, 15) is 5.11 Å². The van der Waals surface area contributed by atoms with Crippen LogP contribution in [0.2, 0.25) is 0 Å². The fraction of sp³-hybridized carbons (Fsp3) is 0.333. The number of aryl methyl sites for hydroxylation is 2. The SMILES string of the molecule is Cc1cnc(N)c(C(O)c2cnn(C)c2C)c1. The minimum Gasteiger partial charge on any atom is -0.383 e. The van der Waals surface area contributed by atoms with E-state index in [2.05, 4.69) is 10.1 Å². The highest BCUT2D eigenvalue weighted by atomic mass is 16.3. The summed E-state index contributed by atoms with van der Waals surface area (Å²) in [6.07, 6.45) is 2.56. The summed E-state index contributed by atoms with van der Waals surface area (Å²) in [5.41, 5.74) is 9.05. The topological polar surface area (TPSA) is 77.0 Å². The van der Waals surface area contributed by atoms with E-state index < -0.39 is 6.10 Å². The van der Waals surface area contributed by atoms with Gasteiger partial charge in [-0.2, -0.15) is 5.10 Å². The van der Waals surface area contributed by atoms with Gasteiger partial charge in [0.1, 0.15) is 11.9 Å². The number of nitrogens with zero attached hydrogens (tertiary/aromatic N) is 3. The first-order chi connectivity index (χ1) is 8.00. The second-order valence-electron chi connectivity index (χ2n) is 4.20. The maximum atomic E-state index is 10.3. The molecule has 3 N–H and O–H groups in total. The Balaban J connectivity index is 2.47. The van der Waals surface area contributed by atoms with Crippen LogP contribution in [-0.2, 0) is 7.05 Å². The minimum absolute atomic E-state index is 0.353. The van der Waals surface area contributed by atoms with Gasteiger partial charge in [0.05, 0.1) is 6.20 Å². The lowest BCUT2D eigenvalue weighted by atomic mass is 10.0. The Morgan fingerprint density at radius 2 is 2.00 bits per heavy atom. The number of nitrogens with two attached hydrogens (primary N) is 1. The van der Waals surface area contributed by atoms with Crippen molar-refractivity contribution in [2.75, 3.05) is 5.73 Å². The van der Waals surface area contributed by atoms with Gasteiger partial charge in [0.25, 0.3) is 0 Å². The molecule has 5 heteroatoms. The zero-order chi connectivity index (χ0) is 12.6. The zero-order valence-electron chi connectivity index (χ0n) is 10.2. The highest BCUT2D eigenvalue weighted by molar-refractivity contribution is 5.46. The molecule has 0 radical (unpaired) electrons. The molecule has 90 valence electrons. The molecule has 5 nitrogen and oxygen atoms in total. The van der Waals surface area contributed by atoms with Gasteiger partial charge in [0.15, 0.2) is 0 Å². The molecule has 0 aliphatic carbocycles. The van der Waals surface area contributed by atoms with Gasteiger partial charge in [0, 0.05) is 30.1 Å². The summed E-state index contributed by atoms with van der Waals surface area (Å²) >= 11 is 0. The lowest BCUT2D eigenvalue weighted by Crippen LogP contribution is -2.07. The van der Waals surface area contributed by atoms with Crippen molar-refractivity contribution in [3.63, 3.8) is 0 Å². The average molecular weight is 232 g/mol. The molecule has 0 aliphatic rings. The summed E-state index contributed by atoms with van der Waals surface area (Å²) in [6, 6.07) is 1.85. The number of anilines is 1. The van der Waals surface area contributed by atoms with Crippen molar-refractivity contribution in [1.82, 2.24) is 14.8 Å². The Bertz CT molecular complexity index is 547. The number of hydrogen-bond donors (Lipinski definition) is 2. The summed E-state index contributed by atoms with van der Waals surface area (Å²) in [5, 5.41) is 14.4. The Kier molecular flexibility index (Phi) is 2.85. The molecule has 1 atom stereocenters. The van der Waals surface area contributed by atoms with Crippen LogP contribution in [0.5, 0.6) is 0 Å². The van der Waals surface area contributed by atoms with Gasteiger partial charge >= 0.3 is 0 Å². The van der Waals surface area contributed by atoms with Gasteiger partial charge in [-0.25, -0.2) is 4.98 Å². The first kappa shape index (κ1) is 11.6. The fourth-order valence-corrected chi connectivity index (χ4v) is 1.77. The van der Waals surface area contributed by atoms with E-state index in [0.717, 1.165) is 16.8 Å². The summed E-state index contributed by atoms with van der Waals surface area (Å²) in [5.74, 6) is 0.353. The lowest BCUT2D eigenvalue weighted by molar-refractivity contribution is 0.219. The van der Waals surface area contributed by atoms with Crippen LogP contribution in [0.3, 0.4) is 0 Å². The van der Waals surface area contributed by atoms with E-state index in [1.54, 1.807) is 17.1 Å². The van der Waals surface area contributed by atoms with Crippen molar-refractivity contribution >= 4 is 5.82 Å². The Labute approximate surface area is 99.9 Å². The van der Waals surface area contributed by atoms with Gasteiger partial charge in [-0.15, -0.1) is 0 Å². The molecule has 2 aromatic rings. The Morgan fingerprint density at radius 1 is 1.29 bits per heavy atom. The van der Waals surface area contributed by atoms with Crippen LogP contribution in [0.25, 0.3) is 0 Å². The van der Waals surface area contributed by atoms with Crippen molar-refractivity contribution in [1.29, 1.82) is 0 Å². The summed E-state index contributed by atoms with van der Waals surface area (Å²) < 4.78 is 1.72. The molecule has 2 aromatic heterocycles. The highest BCUT2D eigenvalue weighted by Crippen LogP contribution is 2.27. The monoisotopic (exact) mass is 232 g/mol. The first-order valence-corrected chi connectivity index (χ1v) is 5.39. The van der Waals surface area contributed by atoms with Gasteiger partial charge in [0.2, 0.25) is 0 Å². The molecule has 0 saturated heterocycles. The van der Waals surface area contributed by atoms with Crippen molar-refractivity contribution in [2.24, 2.45) is 7.05 Å². The van der Waals surface area contributed by atoms with Crippen LogP contribution < -0.4 is 5.73 Å². The first-order valence-electron chi connectivity index (χ1n) is 5.39. The molecule has 0 saturated carbocycles. The number of nitrogen functional groups attached to an aromatic ring is 1. The molecular weight excluding hydrogens is 216 g/mol. The number of hydrogen-bond acceptors (Lipinski definition) is 4. The van der Waals surface area contributed by atoms with Gasteiger partial charge < -0.3 is 10.8 Å². The van der Waals surface area contributed by atoms with E-state index in [-0.39, 0.29) is 0 Å². The standard InChI is InChI=1S/C12H16N4O/c1-7-4-9(12(13)14-5-7)11(17)10-6-15-16(3)8(10)2/h4-6,11,17H,1-3H3,(H2,13,14). The van der Waals surface area contributed by atoms with E-state index in [4.69, 9.17) is 5.73 Å². The quantitative estimate of drug-likeness (QED) is 0.812. The summed E-state index contributed by atoms with van der Waals surface area (Å²) in [6.45, 7) is 3.82. The normalized spacial score (nSPS) is 12.7. The summed E-state index contributed by atoms with van der Waals surface area (Å²) in [7, 11) is 1.84. The Morgan fingerprint density at radius 3 is 2.59 bits per heavy atom. The van der Waals surface area contributed by atoms with Crippen LogP contribution in [0, 0.1) is 13.8 Å². The number of pyridine rings is 1. The second-order valence-corrected chi connectivity index (χ2v) is 4.20. The number of aliphatic hydroxyl groups is 1. The van der Waals surface area contributed by atoms with E-state index in [0.29, 0.717) is 11.4 Å². The predicted molar refractivity (Wildman–Crippen MR) is 65.4 cm³/mol. The zero-order valence-corrected chi connectivity index (χ0v) is 10.2. The molecule has 1 unspecified atom stereocenters. The van der Waals surface area contributed by atoms with Crippen LogP contribution >= 0.6 is 0 Å². The van der Waals surface area contributed by atoms with Crippen LogP contribution in [-0.4, -0.2) is 19.9 Å². The third kappa shape index (κ3) is 2.01. The largest absolute Gasteiger partial charge is 0.383 e. The van der Waals surface area contributed by atoms with Crippen molar-refractivity contribution < 1.29 is 5.11 Å². The minimum atomic E-state index is -0.781. The smallest absolute Gasteiger partial charge is 0.129 e. The van der Waals surface area contributed by atoms with Crippen LogP contribution in [0.1, 0.15) is 28.5 Å². The molecule has 2 heterocycles. The van der Waals surface area contributed by atoms with E-state index in [1.165, 1.54) is 0 Å². The molecule has 0 fully saturated rings. The highest BCUT2D eigenvalue weighted by Gasteiger charge is 2.18. The predicted octanol–water partition coefficient (Wildman–Crippen LogP) is 1.10. The third-order valence-corrected chi connectivity index (χ3v) is 2.95. The fourth-order valence-electron chi connectivity index (χ4n) is 1.77. The van der Waals surface area contributed by atoms with Gasteiger partial charge in [-0.1, -0.05) is 0 Å². The summed E-state index contributed by atoms with van der Waals surface area (Å²) in [4.78, 5) is 4.05. The van der Waals surface area contributed by atoms with Crippen LogP contribution in [0.4, 0.5) is 5.82 Å². The average Bonchev–Trinajstić information content (AvgIpc) is 2.62.